The van der Waals surface area contributed by atoms with Crippen molar-refractivity contribution in [2.75, 3.05) is 64.8 Å². The second-order valence-electron chi connectivity index (χ2n) is 9.02. The predicted octanol–water partition coefficient (Wildman–Crippen LogP) is 2.01. The Balaban J connectivity index is 1.49. The molecule has 1 aromatic carbocycles. The Bertz CT molecular complexity index is 648. The van der Waals surface area contributed by atoms with Crippen LogP contribution in [0, 0.1) is 12.8 Å². The van der Waals surface area contributed by atoms with Gasteiger partial charge in [0.1, 0.15) is 0 Å². The molecule has 2 unspecified atom stereocenters. The van der Waals surface area contributed by atoms with Gasteiger partial charge in [-0.2, -0.15) is 0 Å². The van der Waals surface area contributed by atoms with E-state index in [1.807, 2.05) is 7.05 Å². The number of rotatable bonds is 6. The summed E-state index contributed by atoms with van der Waals surface area (Å²) in [4.78, 5) is 12.0. The van der Waals surface area contributed by atoms with Crippen LogP contribution in [0.3, 0.4) is 0 Å². The van der Waals surface area contributed by atoms with E-state index in [0.717, 1.165) is 58.2 Å². The van der Waals surface area contributed by atoms with Crippen molar-refractivity contribution in [1.82, 2.24) is 20.4 Å². The summed E-state index contributed by atoms with van der Waals surface area (Å²) in [6.45, 7) is 14.5. The molecule has 29 heavy (non-hydrogen) atoms. The van der Waals surface area contributed by atoms with Gasteiger partial charge in [-0.1, -0.05) is 31.5 Å². The van der Waals surface area contributed by atoms with Crippen LogP contribution in [0.2, 0.25) is 0 Å². The second-order valence-corrected chi connectivity index (χ2v) is 9.02. The molecule has 0 aliphatic carbocycles. The van der Waals surface area contributed by atoms with Gasteiger partial charge in [0.15, 0.2) is 5.96 Å². The molecule has 3 rings (SSSR count). The lowest BCUT2D eigenvalue weighted by molar-refractivity contribution is 0.0900. The van der Waals surface area contributed by atoms with E-state index in [0.29, 0.717) is 18.0 Å². The molecule has 0 aromatic heterocycles. The number of aryl methyl sites for hydroxylation is 1. The van der Waals surface area contributed by atoms with Crippen LogP contribution in [0.15, 0.2) is 29.3 Å². The van der Waals surface area contributed by atoms with Crippen molar-refractivity contribution in [3.05, 3.63) is 29.8 Å². The zero-order valence-corrected chi connectivity index (χ0v) is 19.0. The zero-order chi connectivity index (χ0) is 20.8. The molecule has 6 nitrogen and oxygen atoms in total. The highest BCUT2D eigenvalue weighted by molar-refractivity contribution is 5.80. The van der Waals surface area contributed by atoms with Crippen LogP contribution in [0.25, 0.3) is 0 Å². The lowest BCUT2D eigenvalue weighted by Gasteiger charge is -2.40. The fraction of sp³-hybridized carbons (Fsp3) is 0.696. The van der Waals surface area contributed by atoms with Crippen molar-refractivity contribution in [2.24, 2.45) is 10.9 Å². The molecule has 0 bridgehead atoms. The van der Waals surface area contributed by atoms with Crippen molar-refractivity contribution < 1.29 is 0 Å². The molecule has 2 atom stereocenters. The summed E-state index contributed by atoms with van der Waals surface area (Å²) in [5.74, 6) is 1.55. The van der Waals surface area contributed by atoms with Crippen molar-refractivity contribution in [1.29, 1.82) is 0 Å². The van der Waals surface area contributed by atoms with Crippen molar-refractivity contribution in [2.45, 2.75) is 39.3 Å². The van der Waals surface area contributed by atoms with Crippen LogP contribution in [0.1, 0.15) is 25.8 Å². The van der Waals surface area contributed by atoms with Crippen LogP contribution in [-0.4, -0.2) is 87.8 Å². The Morgan fingerprint density at radius 3 is 2.41 bits per heavy atom. The van der Waals surface area contributed by atoms with Gasteiger partial charge < -0.3 is 20.4 Å². The average Bonchev–Trinajstić information content (AvgIpc) is 3.17. The molecule has 0 saturated carbocycles. The summed E-state index contributed by atoms with van der Waals surface area (Å²) in [6, 6.07) is 9.82. The molecule has 2 heterocycles. The quantitative estimate of drug-likeness (QED) is 0.565. The summed E-state index contributed by atoms with van der Waals surface area (Å²) in [7, 11) is 4.09. The molecule has 1 aromatic rings. The SMILES string of the molecule is CN=C(NCC(C(C)C)N1CCN(C)CC1)NC1CCN(c2ccc(C)cc2)C1. The number of nitrogens with zero attached hydrogens (tertiary/aromatic N) is 4. The summed E-state index contributed by atoms with van der Waals surface area (Å²) < 4.78 is 0. The molecule has 6 heteroatoms. The molecule has 2 fully saturated rings. The lowest BCUT2D eigenvalue weighted by Crippen LogP contribution is -2.55. The third kappa shape index (κ3) is 6.09. The van der Waals surface area contributed by atoms with Crippen molar-refractivity contribution >= 4 is 11.6 Å². The van der Waals surface area contributed by atoms with Gasteiger partial charge in [0.2, 0.25) is 0 Å². The fourth-order valence-corrected chi connectivity index (χ4v) is 4.40. The van der Waals surface area contributed by atoms with Crippen LogP contribution < -0.4 is 15.5 Å². The normalized spacial score (nSPS) is 22.9. The first kappa shape index (κ1) is 21.9. The highest BCUT2D eigenvalue weighted by Crippen LogP contribution is 2.20. The van der Waals surface area contributed by atoms with Gasteiger partial charge in [-0.05, 0) is 38.4 Å². The molecular weight excluding hydrogens is 360 g/mol. The van der Waals surface area contributed by atoms with Gasteiger partial charge in [0, 0.05) is 70.6 Å². The lowest BCUT2D eigenvalue weighted by atomic mass is 10.0. The van der Waals surface area contributed by atoms with E-state index in [9.17, 15) is 0 Å². The minimum atomic E-state index is 0.434. The number of likely N-dealkylation sites (N-methyl/N-ethyl adjacent to an activating group) is 1. The van der Waals surface area contributed by atoms with Crippen LogP contribution in [0.4, 0.5) is 5.69 Å². The molecule has 0 spiro atoms. The summed E-state index contributed by atoms with van der Waals surface area (Å²) in [6.07, 6.45) is 1.14. The molecule has 0 amide bonds. The van der Waals surface area contributed by atoms with Gasteiger partial charge in [0.05, 0.1) is 0 Å². The van der Waals surface area contributed by atoms with E-state index in [-0.39, 0.29) is 0 Å². The topological polar surface area (TPSA) is 46.1 Å². The molecule has 2 saturated heterocycles. The van der Waals surface area contributed by atoms with E-state index < -0.39 is 0 Å². The number of piperazine rings is 1. The van der Waals surface area contributed by atoms with Crippen LogP contribution >= 0.6 is 0 Å². The minimum absolute atomic E-state index is 0.434. The summed E-state index contributed by atoms with van der Waals surface area (Å²) >= 11 is 0. The van der Waals surface area contributed by atoms with E-state index in [1.54, 1.807) is 0 Å². The third-order valence-electron chi connectivity index (χ3n) is 6.41. The first-order valence-electron chi connectivity index (χ1n) is 11.2. The molecule has 162 valence electrons. The largest absolute Gasteiger partial charge is 0.369 e. The highest BCUT2D eigenvalue weighted by Gasteiger charge is 2.26. The van der Waals surface area contributed by atoms with Crippen molar-refractivity contribution in [3.63, 3.8) is 0 Å². The summed E-state index contributed by atoms with van der Waals surface area (Å²) in [5, 5.41) is 7.26. The molecular formula is C23H40N6. The number of hydrogen-bond donors (Lipinski definition) is 2. The Labute approximate surface area is 177 Å². The maximum absolute atomic E-state index is 4.50. The first-order chi connectivity index (χ1) is 14.0. The first-order valence-corrected chi connectivity index (χ1v) is 11.2. The van der Waals surface area contributed by atoms with Gasteiger partial charge >= 0.3 is 0 Å². The standard InChI is InChI=1S/C23H40N6/c1-18(2)22(28-14-12-27(5)13-15-28)16-25-23(24-4)26-20-10-11-29(17-20)21-8-6-19(3)7-9-21/h6-9,18,20,22H,10-17H2,1-5H3,(H2,24,25,26). The Morgan fingerprint density at radius 1 is 1.10 bits per heavy atom. The van der Waals surface area contributed by atoms with Crippen molar-refractivity contribution in [3.8, 4) is 0 Å². The number of anilines is 1. The third-order valence-corrected chi connectivity index (χ3v) is 6.41. The van der Waals surface area contributed by atoms with E-state index in [2.05, 4.69) is 82.4 Å². The zero-order valence-electron chi connectivity index (χ0n) is 19.0. The number of nitrogens with one attached hydrogen (secondary N) is 2. The Morgan fingerprint density at radius 2 is 1.79 bits per heavy atom. The smallest absolute Gasteiger partial charge is 0.191 e. The maximum Gasteiger partial charge on any atom is 0.191 e. The van der Waals surface area contributed by atoms with Gasteiger partial charge in [-0.3, -0.25) is 9.89 Å². The molecule has 2 aliphatic heterocycles. The van der Waals surface area contributed by atoms with Gasteiger partial charge in [-0.25, -0.2) is 0 Å². The molecule has 2 N–H and O–H groups in total. The van der Waals surface area contributed by atoms with E-state index in [1.165, 1.54) is 11.3 Å². The fourth-order valence-electron chi connectivity index (χ4n) is 4.40. The maximum atomic E-state index is 4.50. The Hall–Kier alpha value is -1.79. The molecule has 0 radical (unpaired) electrons. The number of guanidine groups is 1. The van der Waals surface area contributed by atoms with Crippen LogP contribution in [-0.2, 0) is 0 Å². The number of benzene rings is 1. The second kappa shape index (κ2) is 10.3. The van der Waals surface area contributed by atoms with Gasteiger partial charge in [-0.15, -0.1) is 0 Å². The highest BCUT2D eigenvalue weighted by atomic mass is 15.3. The Kier molecular flexibility index (Phi) is 7.78. The predicted molar refractivity (Wildman–Crippen MR) is 124 cm³/mol. The molecule has 2 aliphatic rings. The van der Waals surface area contributed by atoms with Gasteiger partial charge in [0.25, 0.3) is 0 Å². The van der Waals surface area contributed by atoms with E-state index in [4.69, 9.17) is 0 Å². The van der Waals surface area contributed by atoms with E-state index >= 15 is 0 Å². The minimum Gasteiger partial charge on any atom is -0.369 e. The number of hydrogen-bond acceptors (Lipinski definition) is 4. The monoisotopic (exact) mass is 400 g/mol. The average molecular weight is 401 g/mol. The summed E-state index contributed by atoms with van der Waals surface area (Å²) in [5.41, 5.74) is 2.63. The van der Waals surface area contributed by atoms with Crippen LogP contribution in [0.5, 0.6) is 0 Å². The number of aliphatic imine (C=N–C) groups is 1.